The Morgan fingerprint density at radius 3 is 2.79 bits per heavy atom. The Labute approximate surface area is 131 Å². The first-order chi connectivity index (χ1) is 9.04. The van der Waals surface area contributed by atoms with Gasteiger partial charge in [0.1, 0.15) is 11.6 Å². The van der Waals surface area contributed by atoms with E-state index in [0.717, 1.165) is 36.0 Å². The molecule has 0 unspecified atom stereocenters. The first-order valence-corrected chi connectivity index (χ1v) is 7.53. The second kappa shape index (κ2) is 4.86. The molecule has 1 heterocycles. The first-order valence-electron chi connectivity index (χ1n) is 5.66. The highest BCUT2D eigenvalue weighted by atomic mass is 127. The largest absolute Gasteiger partial charge is 0.338 e. The Bertz CT molecular complexity index is 782. The van der Waals surface area contributed by atoms with Gasteiger partial charge < -0.3 is 4.98 Å². The number of benzene rings is 2. The van der Waals surface area contributed by atoms with Crippen molar-refractivity contribution in [3.8, 4) is 11.4 Å². The number of H-pyrrole nitrogens is 1. The summed E-state index contributed by atoms with van der Waals surface area (Å²) in [6.45, 7) is 2.02. The third-order valence-corrected chi connectivity index (χ3v) is 4.28. The van der Waals surface area contributed by atoms with Crippen molar-refractivity contribution >= 4 is 49.6 Å². The summed E-state index contributed by atoms with van der Waals surface area (Å²) in [7, 11) is 0. The van der Waals surface area contributed by atoms with Crippen molar-refractivity contribution in [2.45, 2.75) is 6.92 Å². The number of aromatic amines is 1. The molecule has 0 saturated heterocycles. The molecule has 0 aliphatic carbocycles. The Hall–Kier alpha value is -0.950. The average Bonchev–Trinajstić information content (AvgIpc) is 2.72. The molecule has 0 atom stereocenters. The van der Waals surface area contributed by atoms with Gasteiger partial charge in [0.2, 0.25) is 0 Å². The molecule has 0 radical (unpaired) electrons. The highest BCUT2D eigenvalue weighted by Crippen LogP contribution is 2.28. The number of aromatic nitrogens is 2. The molecule has 1 aromatic heterocycles. The maximum Gasteiger partial charge on any atom is 0.139 e. The summed E-state index contributed by atoms with van der Waals surface area (Å²) >= 11 is 5.59. The quantitative estimate of drug-likeness (QED) is 0.538. The maximum absolute atomic E-state index is 13.1. The fourth-order valence-electron chi connectivity index (χ4n) is 2.06. The number of fused-ring (bicyclic) bond motifs is 1. The number of aryl methyl sites for hydroxylation is 1. The van der Waals surface area contributed by atoms with Crippen LogP contribution >= 0.6 is 38.5 Å². The molecule has 5 heteroatoms. The summed E-state index contributed by atoms with van der Waals surface area (Å²) in [4.78, 5) is 7.90. The van der Waals surface area contributed by atoms with Gasteiger partial charge in [-0.2, -0.15) is 0 Å². The highest BCUT2D eigenvalue weighted by Gasteiger charge is 2.11. The summed E-state index contributed by atoms with van der Waals surface area (Å²) in [5, 5.41) is 0. The third-order valence-electron chi connectivity index (χ3n) is 2.93. The smallest absolute Gasteiger partial charge is 0.139 e. The van der Waals surface area contributed by atoms with Gasteiger partial charge in [0.15, 0.2) is 0 Å². The van der Waals surface area contributed by atoms with E-state index in [1.807, 2.05) is 19.1 Å². The van der Waals surface area contributed by atoms with E-state index in [-0.39, 0.29) is 5.82 Å². The average molecular weight is 431 g/mol. The summed E-state index contributed by atoms with van der Waals surface area (Å²) < 4.78 is 15.0. The van der Waals surface area contributed by atoms with Crippen LogP contribution in [0.15, 0.2) is 34.8 Å². The van der Waals surface area contributed by atoms with Crippen molar-refractivity contribution in [2.24, 2.45) is 0 Å². The van der Waals surface area contributed by atoms with Crippen LogP contribution in [0.25, 0.3) is 22.4 Å². The molecule has 2 aromatic carbocycles. The standard InChI is InChI=1S/C14H9BrFIN2/c1-7-4-8(15)5-12-13(7)19-14(18-12)10-3-2-9(16)6-11(10)17/h2-6H,1H3,(H,18,19). The number of rotatable bonds is 1. The molecule has 3 aromatic rings. The second-order valence-corrected chi connectivity index (χ2v) is 6.41. The van der Waals surface area contributed by atoms with Crippen molar-refractivity contribution in [1.82, 2.24) is 9.97 Å². The van der Waals surface area contributed by atoms with Gasteiger partial charge in [-0.1, -0.05) is 15.9 Å². The number of hydrogen-bond acceptors (Lipinski definition) is 1. The van der Waals surface area contributed by atoms with Crippen molar-refractivity contribution in [3.05, 3.63) is 49.8 Å². The molecular formula is C14H9BrFIN2. The number of hydrogen-bond donors (Lipinski definition) is 1. The third kappa shape index (κ3) is 2.41. The molecular weight excluding hydrogens is 422 g/mol. The molecule has 19 heavy (non-hydrogen) atoms. The molecule has 96 valence electrons. The Morgan fingerprint density at radius 2 is 2.05 bits per heavy atom. The number of nitrogens with zero attached hydrogens (tertiary/aromatic N) is 1. The van der Waals surface area contributed by atoms with E-state index in [1.54, 1.807) is 6.07 Å². The van der Waals surface area contributed by atoms with Crippen molar-refractivity contribution in [2.75, 3.05) is 0 Å². The van der Waals surface area contributed by atoms with Gasteiger partial charge in [0.05, 0.1) is 11.0 Å². The lowest BCUT2D eigenvalue weighted by atomic mass is 10.2. The van der Waals surface area contributed by atoms with Crippen LogP contribution in [0.2, 0.25) is 0 Å². The lowest BCUT2D eigenvalue weighted by molar-refractivity contribution is 0.627. The van der Waals surface area contributed by atoms with E-state index in [4.69, 9.17) is 0 Å². The summed E-state index contributed by atoms with van der Waals surface area (Å²) in [6, 6.07) is 8.73. The van der Waals surface area contributed by atoms with Gasteiger partial charge in [-0.3, -0.25) is 0 Å². The van der Waals surface area contributed by atoms with Gasteiger partial charge in [-0.15, -0.1) is 0 Å². The van der Waals surface area contributed by atoms with Crippen LogP contribution in [-0.2, 0) is 0 Å². The number of nitrogens with one attached hydrogen (secondary N) is 1. The SMILES string of the molecule is Cc1cc(Br)cc2[nH]c(-c3ccc(F)cc3I)nc12. The van der Waals surface area contributed by atoms with E-state index in [9.17, 15) is 4.39 Å². The maximum atomic E-state index is 13.1. The second-order valence-electron chi connectivity index (χ2n) is 4.33. The lowest BCUT2D eigenvalue weighted by Crippen LogP contribution is -1.86. The van der Waals surface area contributed by atoms with E-state index >= 15 is 0 Å². The van der Waals surface area contributed by atoms with Crippen LogP contribution in [0.5, 0.6) is 0 Å². The minimum atomic E-state index is -0.233. The van der Waals surface area contributed by atoms with E-state index in [0.29, 0.717) is 0 Å². The van der Waals surface area contributed by atoms with Gasteiger partial charge in [-0.05, 0) is 65.4 Å². The predicted octanol–water partition coefficient (Wildman–Crippen LogP) is 5.04. The fraction of sp³-hybridized carbons (Fsp3) is 0.0714. The molecule has 2 nitrogen and oxygen atoms in total. The molecule has 0 fully saturated rings. The normalized spacial score (nSPS) is 11.2. The zero-order chi connectivity index (χ0) is 13.6. The van der Waals surface area contributed by atoms with Gasteiger partial charge in [-0.25, -0.2) is 9.37 Å². The number of imidazole rings is 1. The predicted molar refractivity (Wildman–Crippen MR) is 86.6 cm³/mol. The number of halogens is 3. The molecule has 0 bridgehead atoms. The summed E-state index contributed by atoms with van der Waals surface area (Å²) in [6.07, 6.45) is 0. The van der Waals surface area contributed by atoms with Crippen LogP contribution in [0.3, 0.4) is 0 Å². The minimum Gasteiger partial charge on any atom is -0.338 e. The Morgan fingerprint density at radius 1 is 1.26 bits per heavy atom. The Kier molecular flexibility index (Phi) is 3.34. The van der Waals surface area contributed by atoms with Crippen LogP contribution in [-0.4, -0.2) is 9.97 Å². The Balaban J connectivity index is 2.23. The summed E-state index contributed by atoms with van der Waals surface area (Å²) in [5.74, 6) is 0.531. The monoisotopic (exact) mass is 430 g/mol. The lowest BCUT2D eigenvalue weighted by Gasteiger charge is -2.00. The first kappa shape index (κ1) is 13.1. The topological polar surface area (TPSA) is 28.7 Å². The molecule has 0 saturated carbocycles. The van der Waals surface area contributed by atoms with Gasteiger partial charge in [0.25, 0.3) is 0 Å². The molecule has 0 aliphatic heterocycles. The molecule has 1 N–H and O–H groups in total. The van der Waals surface area contributed by atoms with Crippen LogP contribution in [0, 0.1) is 16.3 Å². The van der Waals surface area contributed by atoms with Gasteiger partial charge in [0, 0.05) is 13.6 Å². The molecule has 0 aliphatic rings. The fourth-order valence-corrected chi connectivity index (χ4v) is 3.36. The molecule has 0 spiro atoms. The van der Waals surface area contributed by atoms with E-state index in [2.05, 4.69) is 48.5 Å². The minimum absolute atomic E-state index is 0.233. The van der Waals surface area contributed by atoms with Crippen LogP contribution in [0.4, 0.5) is 4.39 Å². The highest BCUT2D eigenvalue weighted by molar-refractivity contribution is 14.1. The molecule has 0 amide bonds. The zero-order valence-corrected chi connectivity index (χ0v) is 13.7. The van der Waals surface area contributed by atoms with Crippen molar-refractivity contribution in [1.29, 1.82) is 0 Å². The van der Waals surface area contributed by atoms with Crippen LogP contribution < -0.4 is 0 Å². The zero-order valence-electron chi connectivity index (χ0n) is 9.97. The van der Waals surface area contributed by atoms with Crippen molar-refractivity contribution in [3.63, 3.8) is 0 Å². The van der Waals surface area contributed by atoms with Crippen LogP contribution in [0.1, 0.15) is 5.56 Å². The van der Waals surface area contributed by atoms with Crippen molar-refractivity contribution < 1.29 is 4.39 Å². The van der Waals surface area contributed by atoms with Gasteiger partial charge >= 0.3 is 0 Å². The summed E-state index contributed by atoms with van der Waals surface area (Å²) in [5.41, 5.74) is 3.93. The van der Waals surface area contributed by atoms with E-state index in [1.165, 1.54) is 12.1 Å². The van der Waals surface area contributed by atoms with E-state index < -0.39 is 0 Å². The molecule has 3 rings (SSSR count).